The van der Waals surface area contributed by atoms with Crippen molar-refractivity contribution in [3.63, 3.8) is 0 Å². The highest BCUT2D eigenvalue weighted by Gasteiger charge is 2.85. The van der Waals surface area contributed by atoms with Gasteiger partial charge in [-0.05, 0) is 0 Å². The third-order valence-corrected chi connectivity index (χ3v) is 4.84. The lowest BCUT2D eigenvalue weighted by Crippen LogP contribution is -2.65. The molecule has 0 saturated heterocycles. The molecule has 0 fully saturated rings. The van der Waals surface area contributed by atoms with Gasteiger partial charge in [-0.25, -0.2) is 4.99 Å². The fourth-order valence-corrected chi connectivity index (χ4v) is 2.43. The van der Waals surface area contributed by atoms with Gasteiger partial charge in [0.05, 0.1) is 0 Å². The van der Waals surface area contributed by atoms with Crippen molar-refractivity contribution >= 4 is 74.8 Å². The SMILES string of the molecule is FC(F)(F)C(F)(F)C(F)(F)C(F)(F)C(Cl)=NC(Cl)(Cl)C(F)(F)C(F)(F)C(F)(F)C(Cl)(Cl)Cl. The molecule has 0 saturated carbocycles. The monoisotopic (exact) mass is 629 g/mol. The molecule has 0 bridgehead atoms. The second-order valence-electron chi connectivity index (χ2n) is 5.39. The Balaban J connectivity index is 6.68. The number of hydrogen-bond donors (Lipinski definition) is 0. The van der Waals surface area contributed by atoms with Crippen molar-refractivity contribution in [2.45, 2.75) is 50.0 Å². The fraction of sp³-hybridized carbons (Fsp3) is 0.900. The predicted molar refractivity (Wildman–Crippen MR) is 83.8 cm³/mol. The molecule has 0 aliphatic carbocycles. The van der Waals surface area contributed by atoms with Crippen molar-refractivity contribution in [3.05, 3.63) is 0 Å². The summed E-state index contributed by atoms with van der Waals surface area (Å²) < 4.78 is 187. The minimum absolute atomic E-state index is 1.27. The minimum Gasteiger partial charge on any atom is -0.227 e. The van der Waals surface area contributed by atoms with Gasteiger partial charge in [-0.1, -0.05) is 69.6 Å². The van der Waals surface area contributed by atoms with E-state index < -0.39 is 55.1 Å². The Hall–Kier alpha value is 0.360. The molecule has 0 amide bonds. The molecule has 0 atom stereocenters. The molecule has 0 heterocycles. The third kappa shape index (κ3) is 4.73. The van der Waals surface area contributed by atoms with Crippen molar-refractivity contribution in [1.82, 2.24) is 0 Å². The summed E-state index contributed by atoms with van der Waals surface area (Å²) in [6.45, 7) is 0. The lowest BCUT2D eigenvalue weighted by molar-refractivity contribution is -0.384. The Bertz CT molecular complexity index is 738. The van der Waals surface area contributed by atoms with E-state index in [9.17, 15) is 65.9 Å². The van der Waals surface area contributed by atoms with Gasteiger partial charge in [-0.15, -0.1) is 0 Å². The molecule has 0 unspecified atom stereocenters. The van der Waals surface area contributed by atoms with E-state index in [4.69, 9.17) is 0 Å². The van der Waals surface area contributed by atoms with Crippen LogP contribution in [0.15, 0.2) is 4.99 Å². The highest BCUT2D eigenvalue weighted by atomic mass is 35.6. The van der Waals surface area contributed by atoms with Gasteiger partial charge in [0.2, 0.25) is 0 Å². The van der Waals surface area contributed by atoms with Gasteiger partial charge in [0.15, 0.2) is 5.17 Å². The molecule has 22 heteroatoms. The summed E-state index contributed by atoms with van der Waals surface area (Å²) in [7, 11) is 0. The zero-order chi connectivity index (χ0) is 26.8. The highest BCUT2D eigenvalue weighted by Crippen LogP contribution is 2.61. The fourth-order valence-electron chi connectivity index (χ4n) is 1.33. The van der Waals surface area contributed by atoms with Crippen LogP contribution in [-0.2, 0) is 0 Å². The minimum atomic E-state index is -7.63. The zero-order valence-electron chi connectivity index (χ0n) is 13.4. The molecule has 0 aromatic heterocycles. The van der Waals surface area contributed by atoms with Crippen LogP contribution in [0.1, 0.15) is 0 Å². The summed E-state index contributed by atoms with van der Waals surface area (Å²) in [5.74, 6) is -42.8. The number of rotatable bonds is 7. The molecular formula is C10Cl6F15N. The Morgan fingerprint density at radius 2 is 0.812 bits per heavy atom. The van der Waals surface area contributed by atoms with E-state index in [1.807, 2.05) is 0 Å². The molecule has 0 N–H and O–H groups in total. The second kappa shape index (κ2) is 8.49. The van der Waals surface area contributed by atoms with Gasteiger partial charge < -0.3 is 0 Å². The Morgan fingerprint density at radius 1 is 0.469 bits per heavy atom. The molecule has 1 nitrogen and oxygen atoms in total. The summed E-state index contributed by atoms with van der Waals surface area (Å²) in [6.07, 6.45) is -7.40. The third-order valence-electron chi connectivity index (χ3n) is 3.16. The van der Waals surface area contributed by atoms with Gasteiger partial charge >= 0.3 is 41.7 Å². The van der Waals surface area contributed by atoms with E-state index in [1.54, 1.807) is 0 Å². The first-order chi connectivity index (χ1) is 13.4. The molecular weight excluding hydrogens is 632 g/mol. The predicted octanol–water partition coefficient (Wildman–Crippen LogP) is 8.50. The number of alkyl halides is 20. The van der Waals surface area contributed by atoms with Crippen LogP contribution in [0.25, 0.3) is 0 Å². The average Bonchev–Trinajstić information content (AvgIpc) is 2.51. The molecule has 0 spiro atoms. The van der Waals surface area contributed by atoms with Crippen LogP contribution in [0.5, 0.6) is 0 Å². The quantitative estimate of drug-likeness (QED) is 0.116. The van der Waals surface area contributed by atoms with E-state index in [-0.39, 0.29) is 0 Å². The van der Waals surface area contributed by atoms with E-state index in [2.05, 4.69) is 69.6 Å². The van der Waals surface area contributed by atoms with Gasteiger partial charge in [-0.2, -0.15) is 65.9 Å². The molecule has 0 radical (unpaired) electrons. The van der Waals surface area contributed by atoms with Crippen LogP contribution < -0.4 is 0 Å². The summed E-state index contributed by atoms with van der Waals surface area (Å²) >= 11 is 26.4. The van der Waals surface area contributed by atoms with Crippen LogP contribution in [0.3, 0.4) is 0 Å². The van der Waals surface area contributed by atoms with Crippen molar-refractivity contribution in [2.75, 3.05) is 0 Å². The van der Waals surface area contributed by atoms with Crippen LogP contribution in [0, 0.1) is 0 Å². The highest BCUT2D eigenvalue weighted by molar-refractivity contribution is 6.68. The first kappa shape index (κ1) is 32.4. The molecule has 0 aromatic carbocycles. The van der Waals surface area contributed by atoms with Crippen LogP contribution in [0.4, 0.5) is 65.9 Å². The Labute approximate surface area is 195 Å². The van der Waals surface area contributed by atoms with Crippen molar-refractivity contribution < 1.29 is 65.9 Å². The normalized spacial score (nSPS) is 17.1. The van der Waals surface area contributed by atoms with Crippen LogP contribution >= 0.6 is 69.6 Å². The lowest BCUT2D eigenvalue weighted by atomic mass is 10.0. The smallest absolute Gasteiger partial charge is 0.227 e. The number of halogens is 21. The largest absolute Gasteiger partial charge is 0.460 e. The van der Waals surface area contributed by atoms with E-state index in [0.717, 1.165) is 0 Å². The first-order valence-corrected chi connectivity index (χ1v) is 8.68. The van der Waals surface area contributed by atoms with Gasteiger partial charge in [0, 0.05) is 0 Å². The standard InChI is InChI=1S/C10Cl6F15N/c11-1(2(17,18)3(19,20)7(27,28)10(29,30)31)32-9(15,16)6(25,26)4(21,22)5(23,24)8(12,13)14. The van der Waals surface area contributed by atoms with E-state index >= 15 is 0 Å². The molecule has 0 aromatic rings. The summed E-state index contributed by atoms with van der Waals surface area (Å²) in [5, 5.41) is -3.75. The first-order valence-electron chi connectivity index (χ1n) is 6.42. The van der Waals surface area contributed by atoms with E-state index in [1.165, 1.54) is 4.99 Å². The number of aliphatic imine (C=N–C) groups is 1. The maximum Gasteiger partial charge on any atom is 0.460 e. The Morgan fingerprint density at radius 3 is 1.09 bits per heavy atom. The summed E-state index contributed by atoms with van der Waals surface area (Å²) in [5.41, 5.74) is 0. The summed E-state index contributed by atoms with van der Waals surface area (Å²) in [4.78, 5) is 1.27. The van der Waals surface area contributed by atoms with Crippen LogP contribution in [0.2, 0.25) is 0 Å². The summed E-state index contributed by atoms with van der Waals surface area (Å²) in [6, 6.07) is 0. The molecule has 32 heavy (non-hydrogen) atoms. The molecule has 192 valence electrons. The van der Waals surface area contributed by atoms with Crippen molar-refractivity contribution in [2.24, 2.45) is 4.99 Å². The maximum atomic E-state index is 13.9. The second-order valence-corrected chi connectivity index (χ2v) is 9.31. The van der Waals surface area contributed by atoms with Crippen molar-refractivity contribution in [3.8, 4) is 0 Å². The van der Waals surface area contributed by atoms with Gasteiger partial charge in [0.25, 0.3) is 8.25 Å². The lowest BCUT2D eigenvalue weighted by Gasteiger charge is -2.39. The number of hydrogen-bond acceptors (Lipinski definition) is 1. The van der Waals surface area contributed by atoms with Gasteiger partial charge in [0.1, 0.15) is 0 Å². The topological polar surface area (TPSA) is 12.4 Å². The Kier molecular flexibility index (Phi) is 8.58. The van der Waals surface area contributed by atoms with Crippen molar-refractivity contribution in [1.29, 1.82) is 0 Å². The zero-order valence-corrected chi connectivity index (χ0v) is 17.9. The molecule has 0 aliphatic heterocycles. The average molecular weight is 632 g/mol. The maximum absolute atomic E-state index is 13.9. The van der Waals surface area contributed by atoms with Gasteiger partial charge in [-0.3, -0.25) is 0 Å². The molecule has 0 aliphatic rings. The van der Waals surface area contributed by atoms with E-state index in [0.29, 0.717) is 0 Å². The molecule has 0 rings (SSSR count). The number of nitrogens with zero attached hydrogens (tertiary/aromatic N) is 1. The van der Waals surface area contributed by atoms with Crippen LogP contribution in [-0.4, -0.2) is 55.1 Å².